The highest BCUT2D eigenvalue weighted by Gasteiger charge is 2.39. The summed E-state index contributed by atoms with van der Waals surface area (Å²) >= 11 is 0. The van der Waals surface area contributed by atoms with Gasteiger partial charge in [-0.2, -0.15) is 26.3 Å². The minimum Gasteiger partial charge on any atom is -0.493 e. The second-order valence-corrected chi connectivity index (χ2v) is 16.4. The van der Waals surface area contributed by atoms with Gasteiger partial charge in [-0.15, -0.1) is 0 Å². The maximum atomic E-state index is 13.1. The quantitative estimate of drug-likeness (QED) is 0.0543. The van der Waals surface area contributed by atoms with E-state index >= 15 is 0 Å². The van der Waals surface area contributed by atoms with Gasteiger partial charge in [0.15, 0.2) is 22.6 Å². The van der Waals surface area contributed by atoms with Crippen molar-refractivity contribution in [3.63, 3.8) is 0 Å². The summed E-state index contributed by atoms with van der Waals surface area (Å²) in [6, 6.07) is 17.3. The molecule has 8 rings (SSSR count). The zero-order valence-electron chi connectivity index (χ0n) is 38.3. The van der Waals surface area contributed by atoms with E-state index in [4.69, 9.17) is 36.8 Å². The molecule has 0 amide bonds. The number of nitrogens with zero attached hydrogens (tertiary/aromatic N) is 8. The molecule has 364 valence electrons. The number of halogens is 6. The number of hydrogen-bond donors (Lipinski definition) is 2. The van der Waals surface area contributed by atoms with Gasteiger partial charge in [-0.25, -0.2) is 23.1 Å². The Balaban J connectivity index is 0.000000203. The van der Waals surface area contributed by atoms with E-state index < -0.39 is 29.5 Å². The number of ether oxygens (including phenoxy) is 2. The Kier molecular flexibility index (Phi) is 16.6. The lowest BCUT2D eigenvalue weighted by Gasteiger charge is -2.12. The molecule has 0 aliphatic heterocycles. The first-order valence-corrected chi connectivity index (χ1v) is 22.1. The van der Waals surface area contributed by atoms with Crippen molar-refractivity contribution in [2.24, 2.45) is 0 Å². The van der Waals surface area contributed by atoms with E-state index in [1.54, 1.807) is 24.8 Å². The van der Waals surface area contributed by atoms with E-state index in [9.17, 15) is 31.4 Å². The van der Waals surface area contributed by atoms with Crippen LogP contribution in [0, 0.1) is 13.1 Å². The van der Waals surface area contributed by atoms with E-state index in [1.807, 2.05) is 59.4 Å². The molecule has 8 aromatic rings. The van der Waals surface area contributed by atoms with Crippen LogP contribution in [0.5, 0.6) is 11.5 Å². The van der Waals surface area contributed by atoms with Crippen LogP contribution in [0.4, 0.5) is 26.3 Å². The van der Waals surface area contributed by atoms with E-state index in [-0.39, 0.29) is 28.5 Å². The van der Waals surface area contributed by atoms with Crippen molar-refractivity contribution in [2.45, 2.75) is 111 Å². The van der Waals surface area contributed by atoms with Crippen molar-refractivity contribution in [3.05, 3.63) is 130 Å². The number of rotatable bonds is 16. The van der Waals surface area contributed by atoms with Crippen LogP contribution in [0.1, 0.15) is 87.0 Å². The minimum absolute atomic E-state index is 0.0310. The predicted molar refractivity (Wildman–Crippen MR) is 245 cm³/mol. The molecule has 0 spiro atoms. The second kappa shape index (κ2) is 22.3. The molecular weight excluding hydrogens is 911 g/mol. The number of aliphatic hydroxyl groups excluding tert-OH is 1. The van der Waals surface area contributed by atoms with Crippen LogP contribution < -0.4 is 9.47 Å². The van der Waals surface area contributed by atoms with Crippen molar-refractivity contribution in [1.29, 1.82) is 0 Å². The third-order valence-electron chi connectivity index (χ3n) is 10.6. The lowest BCUT2D eigenvalue weighted by molar-refractivity contribution is -0.142. The van der Waals surface area contributed by atoms with Gasteiger partial charge in [-0.05, 0) is 85.8 Å². The van der Waals surface area contributed by atoms with E-state index in [0.29, 0.717) is 81.2 Å². The standard InChI is InChI=1S/C23H21F3N4O2.C22H22F3N3O3.C4H7NO/c1-3-5-16-20(9-7-17-21(16)32-29-22(17)23(24,25)26)31-11-4-10-30-14-28-18-12-15(13-27-2)6-8-19(18)30;1-2-4-15-19(8-6-16-20(15)31-27-21(16)22(23,24)25)30-10-3-9-28-13-26-17-11-14(12-29)5-7-18(17)28;1-4(2,6)5-3/h6-9,12,14H,3-5,10-11,13H2,1H3;5-8,11,13,29H,2-4,9-10,12H2,1H3;6H,1-2H3. The molecule has 0 fully saturated rings. The monoisotopic (exact) mass is 960 g/mol. The number of fused-ring (bicyclic) bond motifs is 4. The van der Waals surface area contributed by atoms with Crippen LogP contribution in [-0.4, -0.2) is 58.6 Å². The highest BCUT2D eigenvalue weighted by Crippen LogP contribution is 2.40. The smallest absolute Gasteiger partial charge is 0.437 e. The first-order chi connectivity index (χ1) is 32.9. The average Bonchev–Trinajstić information content (AvgIpc) is 4.13. The summed E-state index contributed by atoms with van der Waals surface area (Å²) in [7, 11) is 0. The Morgan fingerprint density at radius 2 is 1.10 bits per heavy atom. The Morgan fingerprint density at radius 1 is 0.667 bits per heavy atom. The molecule has 20 heteroatoms. The van der Waals surface area contributed by atoms with Crippen LogP contribution in [0.2, 0.25) is 0 Å². The first-order valence-electron chi connectivity index (χ1n) is 22.1. The third-order valence-corrected chi connectivity index (χ3v) is 10.6. The van der Waals surface area contributed by atoms with E-state index in [0.717, 1.165) is 46.0 Å². The van der Waals surface area contributed by atoms with Crippen LogP contribution in [0.25, 0.3) is 53.7 Å². The van der Waals surface area contributed by atoms with Gasteiger partial charge in [-0.1, -0.05) is 43.1 Å². The molecule has 14 nitrogen and oxygen atoms in total. The molecule has 69 heavy (non-hydrogen) atoms. The highest BCUT2D eigenvalue weighted by atomic mass is 19.4. The molecule has 0 unspecified atom stereocenters. The van der Waals surface area contributed by atoms with E-state index in [1.165, 1.54) is 26.0 Å². The molecule has 4 heterocycles. The maximum Gasteiger partial charge on any atom is 0.437 e. The summed E-state index contributed by atoms with van der Waals surface area (Å²) in [5.74, 6) is 1.03. The zero-order valence-corrected chi connectivity index (χ0v) is 38.3. The van der Waals surface area contributed by atoms with Crippen molar-refractivity contribution >= 4 is 44.0 Å². The fourth-order valence-electron chi connectivity index (χ4n) is 7.43. The number of hydrogen-bond acceptors (Lipinski definition) is 10. The topological polar surface area (TPSA) is 155 Å². The summed E-state index contributed by atoms with van der Waals surface area (Å²) in [5, 5.41) is 24.1. The molecular formula is C49H50F6N8O6. The molecule has 4 aromatic carbocycles. The summed E-state index contributed by atoms with van der Waals surface area (Å²) in [5.41, 5.74) is 3.62. The summed E-state index contributed by atoms with van der Waals surface area (Å²) < 4.78 is 105. The maximum absolute atomic E-state index is 13.1. The largest absolute Gasteiger partial charge is 0.493 e. The van der Waals surface area contributed by atoms with Gasteiger partial charge in [-0.3, -0.25) is 4.85 Å². The number of aromatic nitrogens is 6. The number of aryl methyl sites for hydroxylation is 4. The summed E-state index contributed by atoms with van der Waals surface area (Å²) in [4.78, 5) is 15.0. The molecule has 2 N–H and O–H groups in total. The highest BCUT2D eigenvalue weighted by molar-refractivity contribution is 5.86. The van der Waals surface area contributed by atoms with Crippen LogP contribution in [0.15, 0.2) is 82.4 Å². The number of alkyl halides is 6. The first kappa shape index (κ1) is 51.2. The summed E-state index contributed by atoms with van der Waals surface area (Å²) in [6.45, 7) is 22.4. The molecule has 0 saturated heterocycles. The van der Waals surface area contributed by atoms with Crippen LogP contribution in [0.3, 0.4) is 0 Å². The van der Waals surface area contributed by atoms with Crippen LogP contribution >= 0.6 is 0 Å². The molecule has 0 atom stereocenters. The Morgan fingerprint density at radius 3 is 1.49 bits per heavy atom. The average molecular weight is 961 g/mol. The van der Waals surface area contributed by atoms with Gasteiger partial charge in [0.05, 0.1) is 65.3 Å². The molecule has 0 aliphatic carbocycles. The number of aliphatic hydroxyl groups is 2. The molecule has 0 radical (unpaired) electrons. The Bertz CT molecular complexity index is 3080. The van der Waals surface area contributed by atoms with Gasteiger partial charge in [0, 0.05) is 43.6 Å². The second-order valence-electron chi connectivity index (χ2n) is 16.4. The normalized spacial score (nSPS) is 11.9. The summed E-state index contributed by atoms with van der Waals surface area (Å²) in [6.07, 6.45) is -1.76. The van der Waals surface area contributed by atoms with Gasteiger partial charge in [0.25, 0.3) is 0 Å². The van der Waals surface area contributed by atoms with Crippen LogP contribution in [-0.2, 0) is 51.4 Å². The predicted octanol–water partition coefficient (Wildman–Crippen LogP) is 11.8. The molecule has 0 aliphatic rings. The van der Waals surface area contributed by atoms with Crippen molar-refractivity contribution in [1.82, 2.24) is 29.4 Å². The lowest BCUT2D eigenvalue weighted by Crippen LogP contribution is -2.10. The number of imidazole rings is 2. The fourth-order valence-corrected chi connectivity index (χ4v) is 7.43. The Labute approximate surface area is 392 Å². The van der Waals surface area contributed by atoms with Gasteiger partial charge in [0.1, 0.15) is 11.5 Å². The van der Waals surface area contributed by atoms with E-state index in [2.05, 4.69) is 30.0 Å². The Hall–Kier alpha value is -7.16. The number of benzene rings is 4. The molecule has 0 saturated carbocycles. The third kappa shape index (κ3) is 12.7. The molecule has 0 bridgehead atoms. The van der Waals surface area contributed by atoms with Gasteiger partial charge >= 0.3 is 18.1 Å². The van der Waals surface area contributed by atoms with Gasteiger partial charge < -0.3 is 42.7 Å². The fraction of sp³-hybridized carbons (Fsp3) is 0.388. The van der Waals surface area contributed by atoms with Gasteiger partial charge in [0.2, 0.25) is 6.54 Å². The van der Waals surface area contributed by atoms with Crippen molar-refractivity contribution in [3.8, 4) is 11.5 Å². The van der Waals surface area contributed by atoms with Crippen molar-refractivity contribution < 1.29 is 55.1 Å². The zero-order chi connectivity index (χ0) is 49.9. The minimum atomic E-state index is -4.57. The van der Waals surface area contributed by atoms with Crippen molar-refractivity contribution in [2.75, 3.05) is 13.2 Å². The SMILES string of the molecule is CCCc1c(OCCCn2cnc3cc(CO)ccc32)ccc2c(C(F)(F)F)noc12.[C-]#[N+]C(C)(C)O.[C-]#[N+]Cc1ccc2c(c1)ncn2CCCOc1ccc2c(C(F)(F)F)noc2c1CCC. The molecule has 4 aromatic heterocycles. The lowest BCUT2D eigenvalue weighted by atomic mass is 10.0.